The van der Waals surface area contributed by atoms with Gasteiger partial charge in [0.2, 0.25) is 11.2 Å². The van der Waals surface area contributed by atoms with E-state index in [1.54, 1.807) is 31.2 Å². The molecule has 1 saturated heterocycles. The number of fused-ring (bicyclic) bond motifs is 1. The van der Waals surface area contributed by atoms with Gasteiger partial charge in [0.15, 0.2) is 0 Å². The lowest BCUT2D eigenvalue weighted by molar-refractivity contribution is -0.154. The van der Waals surface area contributed by atoms with Gasteiger partial charge in [0, 0.05) is 19.6 Å². The summed E-state index contributed by atoms with van der Waals surface area (Å²) in [5.74, 6) is -2.74. The van der Waals surface area contributed by atoms with Crippen molar-refractivity contribution in [2.24, 2.45) is 0 Å². The lowest BCUT2D eigenvalue weighted by Gasteiger charge is -2.27. The molecule has 0 amide bonds. The van der Waals surface area contributed by atoms with Gasteiger partial charge in [-0.25, -0.2) is 4.79 Å². The Morgan fingerprint density at radius 1 is 0.952 bits per heavy atom. The zero-order chi connectivity index (χ0) is 30.0. The first-order chi connectivity index (χ1) is 20.0. The number of alkyl halides is 3. The van der Waals surface area contributed by atoms with E-state index < -0.39 is 29.1 Å². The van der Waals surface area contributed by atoms with Crippen LogP contribution in [0.2, 0.25) is 0 Å². The molecule has 0 spiro atoms. The summed E-state index contributed by atoms with van der Waals surface area (Å²) in [5.41, 5.74) is 0.666. The average molecular weight is 584 g/mol. The molecule has 0 bridgehead atoms. The lowest BCUT2D eigenvalue weighted by atomic mass is 10.1. The summed E-state index contributed by atoms with van der Waals surface area (Å²) < 4.78 is 70.2. The van der Waals surface area contributed by atoms with Crippen LogP contribution in [-0.4, -0.2) is 44.3 Å². The maximum absolute atomic E-state index is 14.4. The van der Waals surface area contributed by atoms with Crippen LogP contribution in [0.5, 0.6) is 23.0 Å². The van der Waals surface area contributed by atoms with Crippen LogP contribution >= 0.6 is 0 Å². The third kappa shape index (κ3) is 6.12. The minimum Gasteiger partial charge on any atom is -0.497 e. The molecule has 0 atom stereocenters. The van der Waals surface area contributed by atoms with E-state index in [0.717, 1.165) is 11.1 Å². The number of hydrogen-bond acceptors (Lipinski definition) is 8. The molecule has 220 valence electrons. The van der Waals surface area contributed by atoms with Crippen molar-refractivity contribution in [1.29, 1.82) is 0 Å². The first-order valence-electron chi connectivity index (χ1n) is 13.2. The number of rotatable bonds is 7. The maximum atomic E-state index is 14.4. The summed E-state index contributed by atoms with van der Waals surface area (Å²) >= 11 is 0. The van der Waals surface area contributed by atoms with Crippen molar-refractivity contribution in [1.82, 2.24) is 4.90 Å². The maximum Gasteiger partial charge on any atom is 0.453 e. The minimum atomic E-state index is -5.06. The van der Waals surface area contributed by atoms with Crippen molar-refractivity contribution >= 4 is 16.9 Å². The van der Waals surface area contributed by atoms with E-state index in [-0.39, 0.29) is 40.1 Å². The molecule has 0 unspecified atom stereocenters. The standard InChI is InChI=1S/C31H28F3NO7/c1-18-4-7-22(16-19(18)2)40-28-26(36)23-10-11-25(41-30(37)20-5-8-21(38-3)9-6-20)24(17-35-12-14-39-15-13-35)27(23)42-29(28)31(32,33)34/h4-11,16H,12-15,17H2,1-3H3. The number of esters is 1. The van der Waals surface area contributed by atoms with Crippen molar-refractivity contribution in [3.05, 3.63) is 92.8 Å². The molecule has 0 saturated carbocycles. The Labute approximate surface area is 239 Å². The molecule has 1 aliphatic rings. The highest BCUT2D eigenvalue weighted by Crippen LogP contribution is 2.40. The molecule has 11 heteroatoms. The fourth-order valence-electron chi connectivity index (χ4n) is 4.57. The Hall–Kier alpha value is -4.35. The second kappa shape index (κ2) is 11.9. The van der Waals surface area contributed by atoms with Gasteiger partial charge in [0.1, 0.15) is 22.8 Å². The van der Waals surface area contributed by atoms with E-state index in [2.05, 4.69) is 0 Å². The number of morpholine rings is 1. The van der Waals surface area contributed by atoms with E-state index in [4.69, 9.17) is 23.4 Å². The molecule has 1 fully saturated rings. The Kier molecular flexibility index (Phi) is 8.24. The monoisotopic (exact) mass is 583 g/mol. The second-order valence-corrected chi connectivity index (χ2v) is 9.86. The van der Waals surface area contributed by atoms with Crippen molar-refractivity contribution < 1.29 is 41.3 Å². The van der Waals surface area contributed by atoms with E-state index in [1.807, 2.05) is 11.8 Å². The molecular weight excluding hydrogens is 555 g/mol. The first-order valence-corrected chi connectivity index (χ1v) is 13.2. The molecule has 8 nitrogen and oxygen atoms in total. The van der Waals surface area contributed by atoms with E-state index in [9.17, 15) is 22.8 Å². The summed E-state index contributed by atoms with van der Waals surface area (Å²) in [7, 11) is 1.49. The van der Waals surface area contributed by atoms with Gasteiger partial charge in [0.25, 0.3) is 5.76 Å². The second-order valence-electron chi connectivity index (χ2n) is 9.86. The molecule has 1 aromatic heterocycles. The van der Waals surface area contributed by atoms with Gasteiger partial charge in [-0.3, -0.25) is 9.69 Å². The Morgan fingerprint density at radius 2 is 1.64 bits per heavy atom. The van der Waals surface area contributed by atoms with E-state index in [0.29, 0.717) is 32.1 Å². The zero-order valence-electron chi connectivity index (χ0n) is 23.2. The number of carbonyl (C=O) groups is 1. The van der Waals surface area contributed by atoms with Crippen molar-refractivity contribution in [3.63, 3.8) is 0 Å². The number of hydrogen-bond donors (Lipinski definition) is 0. The number of carbonyl (C=O) groups excluding carboxylic acids is 1. The smallest absolute Gasteiger partial charge is 0.453 e. The van der Waals surface area contributed by atoms with Crippen LogP contribution in [0.4, 0.5) is 13.2 Å². The van der Waals surface area contributed by atoms with Gasteiger partial charge in [-0.15, -0.1) is 0 Å². The predicted molar refractivity (Wildman–Crippen MR) is 148 cm³/mol. The summed E-state index contributed by atoms with van der Waals surface area (Å²) in [5, 5.41) is -0.144. The molecule has 42 heavy (non-hydrogen) atoms. The average Bonchev–Trinajstić information content (AvgIpc) is 2.97. The third-order valence-corrected chi connectivity index (χ3v) is 7.05. The van der Waals surface area contributed by atoms with Crippen LogP contribution in [0.25, 0.3) is 11.0 Å². The molecule has 0 N–H and O–H groups in total. The van der Waals surface area contributed by atoms with Crippen LogP contribution in [0.3, 0.4) is 0 Å². The fourth-order valence-corrected chi connectivity index (χ4v) is 4.57. The summed E-state index contributed by atoms with van der Waals surface area (Å²) in [6.07, 6.45) is -5.06. The van der Waals surface area contributed by atoms with E-state index in [1.165, 1.54) is 37.4 Å². The minimum absolute atomic E-state index is 0.0334. The van der Waals surface area contributed by atoms with Gasteiger partial charge in [-0.2, -0.15) is 13.2 Å². The van der Waals surface area contributed by atoms with Crippen LogP contribution in [0, 0.1) is 13.8 Å². The van der Waals surface area contributed by atoms with Crippen LogP contribution in [0.15, 0.2) is 63.8 Å². The van der Waals surface area contributed by atoms with Gasteiger partial charge >= 0.3 is 12.1 Å². The fraction of sp³-hybridized carbons (Fsp3) is 0.290. The van der Waals surface area contributed by atoms with Gasteiger partial charge in [-0.05, 0) is 73.5 Å². The highest BCUT2D eigenvalue weighted by atomic mass is 19.4. The quantitative estimate of drug-likeness (QED) is 0.186. The normalized spacial score (nSPS) is 14.1. The lowest BCUT2D eigenvalue weighted by Crippen LogP contribution is -2.36. The molecule has 0 radical (unpaired) electrons. The number of methoxy groups -OCH3 is 1. The number of ether oxygens (including phenoxy) is 4. The molecule has 4 aromatic rings. The number of halogens is 3. The van der Waals surface area contributed by atoms with Crippen LogP contribution in [0.1, 0.15) is 32.8 Å². The molecule has 2 heterocycles. The van der Waals surface area contributed by atoms with Gasteiger partial charge in [-0.1, -0.05) is 6.07 Å². The Morgan fingerprint density at radius 3 is 2.29 bits per heavy atom. The van der Waals surface area contributed by atoms with Crippen molar-refractivity contribution in [3.8, 4) is 23.0 Å². The molecule has 3 aromatic carbocycles. The first kappa shape index (κ1) is 29.2. The summed E-state index contributed by atoms with van der Waals surface area (Å²) in [4.78, 5) is 28.5. The molecule has 0 aliphatic carbocycles. The van der Waals surface area contributed by atoms with Gasteiger partial charge < -0.3 is 23.4 Å². The largest absolute Gasteiger partial charge is 0.497 e. The van der Waals surface area contributed by atoms with E-state index >= 15 is 0 Å². The zero-order valence-corrected chi connectivity index (χ0v) is 23.2. The Balaban J connectivity index is 1.64. The molecular formula is C31H28F3NO7. The molecule has 5 rings (SSSR count). The highest BCUT2D eigenvalue weighted by molar-refractivity contribution is 5.92. The van der Waals surface area contributed by atoms with Crippen LogP contribution in [-0.2, 0) is 17.5 Å². The molecule has 1 aliphatic heterocycles. The Bertz CT molecular complexity index is 1670. The topological polar surface area (TPSA) is 87.4 Å². The highest BCUT2D eigenvalue weighted by Gasteiger charge is 2.41. The van der Waals surface area contributed by atoms with Crippen molar-refractivity contribution in [2.45, 2.75) is 26.6 Å². The third-order valence-electron chi connectivity index (χ3n) is 7.05. The van der Waals surface area contributed by atoms with Crippen LogP contribution < -0.4 is 19.6 Å². The SMILES string of the molecule is COc1ccc(C(=O)Oc2ccc3c(=O)c(Oc4ccc(C)c(C)c4)c(C(F)(F)F)oc3c2CN2CCOCC2)cc1. The van der Waals surface area contributed by atoms with Crippen molar-refractivity contribution in [2.75, 3.05) is 33.4 Å². The summed E-state index contributed by atoms with van der Waals surface area (Å²) in [6.45, 7) is 5.46. The number of benzene rings is 3. The predicted octanol–water partition coefficient (Wildman–Crippen LogP) is 6.28. The summed E-state index contributed by atoms with van der Waals surface area (Å²) in [6, 6.07) is 13.5. The van der Waals surface area contributed by atoms with Gasteiger partial charge in [0.05, 0.1) is 36.8 Å². The number of aryl methyl sites for hydroxylation is 2. The number of nitrogens with zero attached hydrogens (tertiary/aromatic N) is 1.